The molecule has 21 heavy (non-hydrogen) atoms. The van der Waals surface area contributed by atoms with E-state index in [4.69, 9.17) is 4.42 Å². The number of hydrogen-bond donors (Lipinski definition) is 1. The van der Waals surface area contributed by atoms with Crippen molar-refractivity contribution in [3.8, 4) is 0 Å². The number of carbonyl (C=O) groups excluding carboxylic acids is 1. The van der Waals surface area contributed by atoms with E-state index in [1.807, 2.05) is 55.5 Å². The molecule has 3 aromatic rings. The van der Waals surface area contributed by atoms with Gasteiger partial charge in [-0.05, 0) is 37.1 Å². The van der Waals surface area contributed by atoms with Crippen LogP contribution >= 0.6 is 0 Å². The van der Waals surface area contributed by atoms with Crippen LogP contribution in [-0.4, -0.2) is 12.5 Å². The Morgan fingerprint density at radius 2 is 1.86 bits per heavy atom. The van der Waals surface area contributed by atoms with Gasteiger partial charge in [0.25, 0.3) is 5.91 Å². The summed E-state index contributed by atoms with van der Waals surface area (Å²) in [4.78, 5) is 12.0. The van der Waals surface area contributed by atoms with Gasteiger partial charge in [-0.15, -0.1) is 0 Å². The molecule has 0 atom stereocenters. The SMILES string of the molecule is Cc1ccc(C(=O)NCCc2coc3ccccc23)cc1. The highest BCUT2D eigenvalue weighted by Gasteiger charge is 2.07. The molecule has 3 heteroatoms. The lowest BCUT2D eigenvalue weighted by molar-refractivity contribution is 0.0954. The maximum absolute atomic E-state index is 12.0. The van der Waals surface area contributed by atoms with Gasteiger partial charge in [0.1, 0.15) is 5.58 Å². The molecule has 0 aliphatic heterocycles. The average Bonchev–Trinajstić information content (AvgIpc) is 2.91. The lowest BCUT2D eigenvalue weighted by Crippen LogP contribution is -2.25. The fourth-order valence-corrected chi connectivity index (χ4v) is 2.34. The fraction of sp³-hybridized carbons (Fsp3) is 0.167. The van der Waals surface area contributed by atoms with E-state index in [1.54, 1.807) is 6.26 Å². The van der Waals surface area contributed by atoms with Crippen LogP contribution in [0.1, 0.15) is 21.5 Å². The molecule has 1 N–H and O–H groups in total. The van der Waals surface area contributed by atoms with Crippen LogP contribution < -0.4 is 5.32 Å². The number of hydrogen-bond acceptors (Lipinski definition) is 2. The third-order valence-electron chi connectivity index (χ3n) is 3.55. The Hall–Kier alpha value is -2.55. The summed E-state index contributed by atoms with van der Waals surface area (Å²) in [7, 11) is 0. The first-order chi connectivity index (χ1) is 10.2. The van der Waals surface area contributed by atoms with Gasteiger partial charge in [-0.25, -0.2) is 0 Å². The lowest BCUT2D eigenvalue weighted by Gasteiger charge is -2.05. The van der Waals surface area contributed by atoms with Gasteiger partial charge in [-0.3, -0.25) is 4.79 Å². The van der Waals surface area contributed by atoms with Crippen molar-refractivity contribution in [2.24, 2.45) is 0 Å². The Morgan fingerprint density at radius 3 is 2.67 bits per heavy atom. The zero-order valence-corrected chi connectivity index (χ0v) is 11.9. The second-order valence-corrected chi connectivity index (χ2v) is 5.13. The van der Waals surface area contributed by atoms with E-state index in [0.29, 0.717) is 12.1 Å². The molecule has 0 saturated carbocycles. The Kier molecular flexibility index (Phi) is 3.73. The number of aryl methyl sites for hydroxylation is 1. The number of nitrogens with one attached hydrogen (secondary N) is 1. The molecule has 0 radical (unpaired) electrons. The highest BCUT2D eigenvalue weighted by atomic mass is 16.3. The van der Waals surface area contributed by atoms with Gasteiger partial charge < -0.3 is 9.73 Å². The van der Waals surface area contributed by atoms with Gasteiger partial charge in [0.15, 0.2) is 0 Å². The van der Waals surface area contributed by atoms with Crippen molar-refractivity contribution in [1.29, 1.82) is 0 Å². The lowest BCUT2D eigenvalue weighted by atomic mass is 10.1. The molecule has 3 nitrogen and oxygen atoms in total. The molecule has 106 valence electrons. The number of carbonyl (C=O) groups is 1. The van der Waals surface area contributed by atoms with Gasteiger partial charge in [0.2, 0.25) is 0 Å². The molecule has 0 fully saturated rings. The smallest absolute Gasteiger partial charge is 0.251 e. The van der Waals surface area contributed by atoms with Crippen molar-refractivity contribution < 1.29 is 9.21 Å². The van der Waals surface area contributed by atoms with Crippen molar-refractivity contribution in [2.45, 2.75) is 13.3 Å². The number of fused-ring (bicyclic) bond motifs is 1. The van der Waals surface area contributed by atoms with Crippen molar-refractivity contribution in [1.82, 2.24) is 5.32 Å². The summed E-state index contributed by atoms with van der Waals surface area (Å²) in [6, 6.07) is 15.5. The van der Waals surface area contributed by atoms with Crippen LogP contribution in [-0.2, 0) is 6.42 Å². The monoisotopic (exact) mass is 279 g/mol. The van der Waals surface area contributed by atoms with Gasteiger partial charge in [-0.2, -0.15) is 0 Å². The number of furan rings is 1. The topological polar surface area (TPSA) is 42.2 Å². The number of amides is 1. The largest absolute Gasteiger partial charge is 0.464 e. The zero-order valence-electron chi connectivity index (χ0n) is 11.9. The van der Waals surface area contributed by atoms with E-state index in [2.05, 4.69) is 5.32 Å². The van der Waals surface area contributed by atoms with Crippen LogP contribution in [0.2, 0.25) is 0 Å². The molecule has 0 saturated heterocycles. The predicted molar refractivity (Wildman–Crippen MR) is 83.4 cm³/mol. The normalized spacial score (nSPS) is 10.7. The Bertz CT molecular complexity index is 756. The maximum Gasteiger partial charge on any atom is 0.251 e. The number of benzene rings is 2. The van der Waals surface area contributed by atoms with Gasteiger partial charge >= 0.3 is 0 Å². The summed E-state index contributed by atoms with van der Waals surface area (Å²) < 4.78 is 5.49. The van der Waals surface area contributed by atoms with Crippen LogP contribution in [0.25, 0.3) is 11.0 Å². The molecular formula is C18H17NO2. The highest BCUT2D eigenvalue weighted by Crippen LogP contribution is 2.20. The zero-order chi connectivity index (χ0) is 14.7. The minimum absolute atomic E-state index is 0.0391. The molecule has 1 heterocycles. The van der Waals surface area contributed by atoms with Gasteiger partial charge in [-0.1, -0.05) is 35.9 Å². The summed E-state index contributed by atoms with van der Waals surface area (Å²) in [6.45, 7) is 2.60. The van der Waals surface area contributed by atoms with Gasteiger partial charge in [0, 0.05) is 17.5 Å². The van der Waals surface area contributed by atoms with Crippen LogP contribution in [0.5, 0.6) is 0 Å². The standard InChI is InChI=1S/C18H17NO2/c1-13-6-8-14(9-7-13)18(20)19-11-10-15-12-21-17-5-3-2-4-16(15)17/h2-9,12H,10-11H2,1H3,(H,19,20). The third kappa shape index (κ3) is 2.97. The van der Waals surface area contributed by atoms with E-state index in [9.17, 15) is 4.79 Å². The molecule has 3 rings (SSSR count). The fourth-order valence-electron chi connectivity index (χ4n) is 2.34. The van der Waals surface area contributed by atoms with E-state index < -0.39 is 0 Å². The minimum Gasteiger partial charge on any atom is -0.464 e. The minimum atomic E-state index is -0.0391. The van der Waals surface area contributed by atoms with E-state index in [-0.39, 0.29) is 5.91 Å². The number of para-hydroxylation sites is 1. The first-order valence-corrected chi connectivity index (χ1v) is 7.04. The second kappa shape index (κ2) is 5.83. The highest BCUT2D eigenvalue weighted by molar-refractivity contribution is 5.94. The maximum atomic E-state index is 12.0. The molecule has 0 spiro atoms. The summed E-state index contributed by atoms with van der Waals surface area (Å²) in [6.07, 6.45) is 2.53. The molecule has 1 amide bonds. The first kappa shape index (κ1) is 13.4. The molecule has 0 aliphatic rings. The van der Waals surface area contributed by atoms with Crippen molar-refractivity contribution in [3.63, 3.8) is 0 Å². The summed E-state index contributed by atoms with van der Waals surface area (Å²) in [5, 5.41) is 4.05. The van der Waals surface area contributed by atoms with E-state index >= 15 is 0 Å². The van der Waals surface area contributed by atoms with Crippen molar-refractivity contribution >= 4 is 16.9 Å². The molecule has 2 aromatic carbocycles. The van der Waals surface area contributed by atoms with Crippen LogP contribution in [0.15, 0.2) is 59.2 Å². The first-order valence-electron chi connectivity index (χ1n) is 7.04. The number of rotatable bonds is 4. The van der Waals surface area contributed by atoms with Crippen LogP contribution in [0.4, 0.5) is 0 Å². The molecule has 0 aliphatic carbocycles. The molecule has 0 bridgehead atoms. The van der Waals surface area contributed by atoms with Gasteiger partial charge in [0.05, 0.1) is 6.26 Å². The van der Waals surface area contributed by atoms with Crippen LogP contribution in [0, 0.1) is 6.92 Å². The quantitative estimate of drug-likeness (QED) is 0.791. The molecular weight excluding hydrogens is 262 g/mol. The second-order valence-electron chi connectivity index (χ2n) is 5.13. The third-order valence-corrected chi connectivity index (χ3v) is 3.55. The molecule has 0 unspecified atom stereocenters. The van der Waals surface area contributed by atoms with Crippen molar-refractivity contribution in [2.75, 3.05) is 6.54 Å². The van der Waals surface area contributed by atoms with Crippen LogP contribution in [0.3, 0.4) is 0 Å². The Morgan fingerprint density at radius 1 is 1.10 bits per heavy atom. The van der Waals surface area contributed by atoms with E-state index in [0.717, 1.165) is 28.5 Å². The van der Waals surface area contributed by atoms with E-state index in [1.165, 1.54) is 0 Å². The average molecular weight is 279 g/mol. The summed E-state index contributed by atoms with van der Waals surface area (Å²) in [5.74, 6) is -0.0391. The summed E-state index contributed by atoms with van der Waals surface area (Å²) in [5.41, 5.74) is 3.85. The summed E-state index contributed by atoms with van der Waals surface area (Å²) >= 11 is 0. The van der Waals surface area contributed by atoms with Crippen molar-refractivity contribution in [3.05, 3.63) is 71.5 Å². The Labute approximate surface area is 123 Å². The predicted octanol–water partition coefficient (Wildman–Crippen LogP) is 3.71. The Balaban J connectivity index is 1.61. The molecule has 1 aromatic heterocycles.